The van der Waals surface area contributed by atoms with Crippen LogP contribution in [0.15, 0.2) is 24.3 Å². The normalized spacial score (nSPS) is 10.2. The number of nitro benzene ring substituents is 1. The molecule has 0 unspecified atom stereocenters. The van der Waals surface area contributed by atoms with Gasteiger partial charge in [0.2, 0.25) is 0 Å². The third-order valence-electron chi connectivity index (χ3n) is 1.85. The topological polar surface area (TPSA) is 52.4 Å². The summed E-state index contributed by atoms with van der Waals surface area (Å²) in [5.41, 5.74) is 1.24. The van der Waals surface area contributed by atoms with Crippen molar-refractivity contribution in [1.29, 1.82) is 0 Å². The molecule has 4 nitrogen and oxygen atoms in total. The van der Waals surface area contributed by atoms with Crippen LogP contribution in [0.25, 0.3) is 0 Å². The Morgan fingerprint density at radius 2 is 2.07 bits per heavy atom. The van der Waals surface area contributed by atoms with Gasteiger partial charge in [-0.05, 0) is 5.56 Å². The number of ether oxygens (including phenoxy) is 1. The largest absolute Gasteiger partial charge is 0.384 e. The zero-order valence-corrected chi connectivity index (χ0v) is 9.33. The predicted octanol–water partition coefficient (Wildman–Crippen LogP) is 2.47. The minimum Gasteiger partial charge on any atom is -0.384 e. The third kappa shape index (κ3) is 4.31. The molecule has 0 aromatic heterocycles. The fraction of sp³-hybridized carbons (Fsp3) is 0.400. The summed E-state index contributed by atoms with van der Waals surface area (Å²) < 4.78 is 4.92. The molecule has 0 N–H and O–H groups in total. The summed E-state index contributed by atoms with van der Waals surface area (Å²) in [6, 6.07) is 6.65. The van der Waals surface area contributed by atoms with E-state index in [2.05, 4.69) is 0 Å². The fourth-order valence-electron chi connectivity index (χ4n) is 1.05. The van der Waals surface area contributed by atoms with Crippen molar-refractivity contribution in [2.45, 2.75) is 5.75 Å². The average Bonchev–Trinajstić information content (AvgIpc) is 2.25. The first-order valence-electron chi connectivity index (χ1n) is 4.54. The number of nitrogens with zero attached hydrogens (tertiary/aromatic N) is 1. The summed E-state index contributed by atoms with van der Waals surface area (Å²) >= 11 is 1.75. The van der Waals surface area contributed by atoms with Crippen LogP contribution >= 0.6 is 11.8 Å². The fourth-order valence-corrected chi connectivity index (χ4v) is 1.90. The van der Waals surface area contributed by atoms with Gasteiger partial charge in [-0.2, -0.15) is 11.8 Å². The maximum Gasteiger partial charge on any atom is 0.269 e. The molecule has 0 aliphatic heterocycles. The van der Waals surface area contributed by atoms with Crippen LogP contribution in [0.1, 0.15) is 5.56 Å². The molecule has 0 fully saturated rings. The van der Waals surface area contributed by atoms with E-state index in [1.165, 1.54) is 12.1 Å². The number of benzene rings is 1. The highest BCUT2D eigenvalue weighted by Gasteiger charge is 2.03. The molecule has 0 saturated carbocycles. The van der Waals surface area contributed by atoms with Crippen molar-refractivity contribution >= 4 is 17.4 Å². The summed E-state index contributed by atoms with van der Waals surface area (Å²) in [7, 11) is 1.67. The molecule has 1 aromatic carbocycles. The van der Waals surface area contributed by atoms with Gasteiger partial charge in [-0.25, -0.2) is 0 Å². The van der Waals surface area contributed by atoms with Crippen LogP contribution in [0.3, 0.4) is 0 Å². The molecule has 0 atom stereocenters. The van der Waals surface area contributed by atoms with Crippen molar-refractivity contribution in [2.75, 3.05) is 19.5 Å². The molecule has 5 heteroatoms. The predicted molar refractivity (Wildman–Crippen MR) is 61.1 cm³/mol. The van der Waals surface area contributed by atoms with Gasteiger partial charge in [0.25, 0.3) is 5.69 Å². The molecule has 0 radical (unpaired) electrons. The second-order valence-corrected chi connectivity index (χ2v) is 4.07. The molecule has 0 amide bonds. The van der Waals surface area contributed by atoms with E-state index in [0.717, 1.165) is 23.7 Å². The highest BCUT2D eigenvalue weighted by atomic mass is 32.2. The number of thioether (sulfide) groups is 1. The lowest BCUT2D eigenvalue weighted by atomic mass is 10.2. The minimum atomic E-state index is -0.387. The summed E-state index contributed by atoms with van der Waals surface area (Å²) in [5.74, 6) is 1.80. The molecule has 0 aliphatic rings. The molecule has 0 spiro atoms. The van der Waals surface area contributed by atoms with Gasteiger partial charge in [-0.1, -0.05) is 12.1 Å². The molecule has 0 heterocycles. The Balaban J connectivity index is 2.39. The monoisotopic (exact) mass is 227 g/mol. The lowest BCUT2D eigenvalue weighted by Crippen LogP contribution is -1.92. The smallest absolute Gasteiger partial charge is 0.269 e. The first kappa shape index (κ1) is 12.0. The van der Waals surface area contributed by atoms with E-state index in [1.54, 1.807) is 31.0 Å². The standard InChI is InChI=1S/C10H13NO3S/c1-14-6-7-15-8-9-2-4-10(5-3-9)11(12)13/h2-5H,6-8H2,1H3. The zero-order valence-electron chi connectivity index (χ0n) is 8.51. The number of nitro groups is 1. The molecular weight excluding hydrogens is 214 g/mol. The Hall–Kier alpha value is -1.07. The van der Waals surface area contributed by atoms with E-state index in [-0.39, 0.29) is 10.6 Å². The van der Waals surface area contributed by atoms with Crippen LogP contribution in [0.2, 0.25) is 0 Å². The SMILES string of the molecule is COCCSCc1ccc([N+](=O)[O-])cc1. The molecular formula is C10H13NO3S. The van der Waals surface area contributed by atoms with Gasteiger partial charge < -0.3 is 4.74 Å². The first-order valence-corrected chi connectivity index (χ1v) is 5.69. The number of methoxy groups -OCH3 is 1. The minimum absolute atomic E-state index is 0.139. The van der Waals surface area contributed by atoms with Gasteiger partial charge in [0.1, 0.15) is 0 Å². The Morgan fingerprint density at radius 3 is 2.60 bits per heavy atom. The second kappa shape index (κ2) is 6.42. The van der Waals surface area contributed by atoms with Gasteiger partial charge in [-0.15, -0.1) is 0 Å². The Morgan fingerprint density at radius 1 is 1.40 bits per heavy atom. The molecule has 82 valence electrons. The molecule has 1 aromatic rings. The average molecular weight is 227 g/mol. The Labute approximate surface area is 92.8 Å². The van der Waals surface area contributed by atoms with Gasteiger partial charge in [0.05, 0.1) is 11.5 Å². The lowest BCUT2D eigenvalue weighted by molar-refractivity contribution is -0.384. The molecule has 1 rings (SSSR count). The van der Waals surface area contributed by atoms with E-state index in [0.29, 0.717) is 0 Å². The number of hydrogen-bond donors (Lipinski definition) is 0. The number of non-ortho nitro benzene ring substituents is 1. The van der Waals surface area contributed by atoms with Crippen molar-refractivity contribution < 1.29 is 9.66 Å². The van der Waals surface area contributed by atoms with Gasteiger partial charge in [0.15, 0.2) is 0 Å². The number of hydrogen-bond acceptors (Lipinski definition) is 4. The highest BCUT2D eigenvalue weighted by Crippen LogP contribution is 2.16. The second-order valence-electron chi connectivity index (χ2n) is 2.97. The maximum atomic E-state index is 10.4. The van der Waals surface area contributed by atoms with Crippen molar-refractivity contribution in [2.24, 2.45) is 0 Å². The zero-order chi connectivity index (χ0) is 11.1. The van der Waals surface area contributed by atoms with Crippen LogP contribution in [-0.4, -0.2) is 24.4 Å². The summed E-state index contributed by atoms with van der Waals surface area (Å²) in [6.07, 6.45) is 0. The lowest BCUT2D eigenvalue weighted by Gasteiger charge is -2.00. The Kier molecular flexibility index (Phi) is 5.14. The van der Waals surface area contributed by atoms with Crippen LogP contribution < -0.4 is 0 Å². The molecule has 0 bridgehead atoms. The van der Waals surface area contributed by atoms with Crippen molar-refractivity contribution in [3.63, 3.8) is 0 Å². The van der Waals surface area contributed by atoms with E-state index in [9.17, 15) is 10.1 Å². The maximum absolute atomic E-state index is 10.4. The highest BCUT2D eigenvalue weighted by molar-refractivity contribution is 7.98. The Bertz CT molecular complexity index is 313. The molecule has 0 aliphatic carbocycles. The van der Waals surface area contributed by atoms with Gasteiger partial charge in [-0.3, -0.25) is 10.1 Å². The summed E-state index contributed by atoms with van der Waals surface area (Å²) in [5, 5.41) is 10.4. The van der Waals surface area contributed by atoms with Crippen LogP contribution in [0.5, 0.6) is 0 Å². The third-order valence-corrected chi connectivity index (χ3v) is 2.84. The number of rotatable bonds is 6. The van der Waals surface area contributed by atoms with Crippen molar-refractivity contribution in [1.82, 2.24) is 0 Å². The first-order chi connectivity index (χ1) is 7.24. The van der Waals surface area contributed by atoms with Gasteiger partial charge >= 0.3 is 0 Å². The van der Waals surface area contributed by atoms with Crippen molar-refractivity contribution in [3.8, 4) is 0 Å². The van der Waals surface area contributed by atoms with E-state index < -0.39 is 0 Å². The summed E-state index contributed by atoms with van der Waals surface area (Å²) in [4.78, 5) is 10.0. The summed E-state index contributed by atoms with van der Waals surface area (Å²) in [6.45, 7) is 0.734. The van der Waals surface area contributed by atoms with Gasteiger partial charge in [0, 0.05) is 30.7 Å². The van der Waals surface area contributed by atoms with E-state index in [1.807, 2.05) is 0 Å². The van der Waals surface area contributed by atoms with E-state index in [4.69, 9.17) is 4.74 Å². The molecule has 15 heavy (non-hydrogen) atoms. The molecule has 0 saturated heterocycles. The van der Waals surface area contributed by atoms with Crippen LogP contribution in [-0.2, 0) is 10.5 Å². The van der Waals surface area contributed by atoms with E-state index >= 15 is 0 Å². The quantitative estimate of drug-likeness (QED) is 0.425. The van der Waals surface area contributed by atoms with Crippen molar-refractivity contribution in [3.05, 3.63) is 39.9 Å². The van der Waals surface area contributed by atoms with Crippen LogP contribution in [0, 0.1) is 10.1 Å². The van der Waals surface area contributed by atoms with Crippen LogP contribution in [0.4, 0.5) is 5.69 Å².